The number of carboxylic acids is 1. The van der Waals surface area contributed by atoms with Crippen molar-refractivity contribution >= 4 is 11.9 Å². The summed E-state index contributed by atoms with van der Waals surface area (Å²) in [5, 5.41) is 18.4. The molecule has 0 aromatic carbocycles. The molecule has 0 aliphatic heterocycles. The van der Waals surface area contributed by atoms with Crippen molar-refractivity contribution in [2.75, 3.05) is 0 Å². The van der Waals surface area contributed by atoms with Crippen LogP contribution in [0.25, 0.3) is 0 Å². The molecule has 0 amide bonds. The number of aromatic nitrogens is 1. The van der Waals surface area contributed by atoms with Gasteiger partial charge in [0.05, 0.1) is 5.97 Å². The van der Waals surface area contributed by atoms with Gasteiger partial charge < -0.3 is 9.90 Å². The van der Waals surface area contributed by atoms with E-state index in [0.717, 1.165) is 6.07 Å². The molecule has 0 aliphatic rings. The Morgan fingerprint density at radius 1 is 1.50 bits per heavy atom. The first-order valence-corrected chi connectivity index (χ1v) is 3.19. The minimum Gasteiger partial charge on any atom is -0.545 e. The zero-order valence-electron chi connectivity index (χ0n) is 7.26. The smallest absolute Gasteiger partial charge is 0.545 e. The quantitative estimate of drug-likeness (QED) is 0.290. The summed E-state index contributed by atoms with van der Waals surface area (Å²) in [5.41, 5.74) is -0.924. The van der Waals surface area contributed by atoms with Crippen LogP contribution >= 0.6 is 0 Å². The third-order valence-electron chi connectivity index (χ3n) is 1.30. The average Bonchev–Trinajstić information content (AvgIpc) is 2.16. The first kappa shape index (κ1) is 12.6. The van der Waals surface area contributed by atoms with Crippen molar-refractivity contribution in [2.45, 2.75) is 0 Å². The Morgan fingerprint density at radius 2 is 2.14 bits per heavy atom. The number of carbonyl (C=O) groups excluding carboxylic acids is 2. The predicted octanol–water partition coefficient (Wildman–Crippen LogP) is -3.92. The fourth-order valence-electron chi connectivity index (χ4n) is 0.776. The van der Waals surface area contributed by atoms with Crippen molar-refractivity contribution in [1.82, 2.24) is 4.98 Å². The molecule has 68 valence electrons. The van der Waals surface area contributed by atoms with Crippen LogP contribution in [-0.4, -0.2) is 22.2 Å². The average molecular weight is 189 g/mol. The summed E-state index contributed by atoms with van der Waals surface area (Å²) in [6.45, 7) is 0. The van der Waals surface area contributed by atoms with Crippen LogP contribution in [0.4, 0.5) is 0 Å². The zero-order chi connectivity index (χ0) is 9.84. The first-order valence-electron chi connectivity index (χ1n) is 3.19. The SMILES string of the molecule is O=C([O-])c1cccnc1C(=O)OO.[Li+]. The van der Waals surface area contributed by atoms with Crippen molar-refractivity contribution in [3.05, 3.63) is 29.6 Å². The first-order chi connectivity index (χ1) is 6.16. The summed E-state index contributed by atoms with van der Waals surface area (Å²) in [4.78, 5) is 27.9. The van der Waals surface area contributed by atoms with Gasteiger partial charge in [0, 0.05) is 11.8 Å². The molecular weight excluding hydrogens is 185 g/mol. The number of nitrogens with zero attached hydrogens (tertiary/aromatic N) is 1. The summed E-state index contributed by atoms with van der Waals surface area (Å²) in [5.74, 6) is -2.80. The zero-order valence-corrected chi connectivity index (χ0v) is 7.26. The van der Waals surface area contributed by atoms with Crippen LogP contribution in [0.15, 0.2) is 18.3 Å². The molecule has 6 nitrogen and oxygen atoms in total. The normalized spacial score (nSPS) is 8.64. The minimum absolute atomic E-state index is 0. The number of hydrogen-bond acceptors (Lipinski definition) is 6. The predicted molar refractivity (Wildman–Crippen MR) is 36.6 cm³/mol. The molecule has 0 saturated heterocycles. The van der Waals surface area contributed by atoms with E-state index in [9.17, 15) is 14.7 Å². The molecule has 0 unspecified atom stereocenters. The van der Waals surface area contributed by atoms with E-state index in [1.165, 1.54) is 12.3 Å². The molecule has 1 aromatic heterocycles. The number of hydrogen-bond donors (Lipinski definition) is 1. The van der Waals surface area contributed by atoms with Gasteiger partial charge in [0.25, 0.3) is 0 Å². The van der Waals surface area contributed by atoms with Gasteiger partial charge in [-0.05, 0) is 12.1 Å². The minimum atomic E-state index is -1.56. The number of aromatic carboxylic acids is 1. The molecule has 0 spiro atoms. The van der Waals surface area contributed by atoms with E-state index >= 15 is 0 Å². The largest absolute Gasteiger partial charge is 1.00 e. The monoisotopic (exact) mass is 189 g/mol. The van der Waals surface area contributed by atoms with Crippen LogP contribution in [0, 0.1) is 0 Å². The van der Waals surface area contributed by atoms with E-state index in [-0.39, 0.29) is 18.9 Å². The van der Waals surface area contributed by atoms with Gasteiger partial charge in [0.2, 0.25) is 0 Å². The van der Waals surface area contributed by atoms with E-state index in [4.69, 9.17) is 5.26 Å². The van der Waals surface area contributed by atoms with Gasteiger partial charge in [-0.15, -0.1) is 0 Å². The Labute approximate surface area is 90.6 Å². The third-order valence-corrected chi connectivity index (χ3v) is 1.30. The van der Waals surface area contributed by atoms with Crippen LogP contribution < -0.4 is 24.0 Å². The van der Waals surface area contributed by atoms with E-state index in [2.05, 4.69) is 9.87 Å². The van der Waals surface area contributed by atoms with E-state index in [1.807, 2.05) is 0 Å². The standard InChI is InChI=1S/C7H5NO5.Li/c9-6(10)4-2-1-3-8-5(4)7(11)13-12;/h1-3,12H,(H,9,10);/q;+1/p-1. The summed E-state index contributed by atoms with van der Waals surface area (Å²) >= 11 is 0. The van der Waals surface area contributed by atoms with Crippen LogP contribution in [0.1, 0.15) is 20.8 Å². The Kier molecular flexibility index (Phi) is 4.87. The topological polar surface area (TPSA) is 99.6 Å². The van der Waals surface area contributed by atoms with Crippen LogP contribution in [-0.2, 0) is 4.89 Å². The molecular formula is C7H4LiNO5. The molecule has 0 saturated carbocycles. The molecule has 0 aliphatic carbocycles. The van der Waals surface area contributed by atoms with Gasteiger partial charge in [-0.3, -0.25) is 4.89 Å². The maximum Gasteiger partial charge on any atom is 1.00 e. The molecule has 0 bridgehead atoms. The summed E-state index contributed by atoms with van der Waals surface area (Å²) < 4.78 is 0. The molecule has 1 N–H and O–H groups in total. The molecule has 14 heavy (non-hydrogen) atoms. The Bertz CT molecular complexity index is 354. The van der Waals surface area contributed by atoms with Crippen LogP contribution in [0.3, 0.4) is 0 Å². The number of pyridine rings is 1. The van der Waals surface area contributed by atoms with Crippen molar-refractivity contribution in [1.29, 1.82) is 0 Å². The summed E-state index contributed by atoms with van der Waals surface area (Å²) in [6.07, 6.45) is 1.19. The van der Waals surface area contributed by atoms with Crippen molar-refractivity contribution in [3.63, 3.8) is 0 Å². The second kappa shape index (κ2) is 5.39. The van der Waals surface area contributed by atoms with E-state index in [1.54, 1.807) is 0 Å². The van der Waals surface area contributed by atoms with Crippen LogP contribution in [0.2, 0.25) is 0 Å². The molecule has 1 rings (SSSR count). The van der Waals surface area contributed by atoms with Crippen molar-refractivity contribution in [3.8, 4) is 0 Å². The second-order valence-electron chi connectivity index (χ2n) is 2.07. The van der Waals surface area contributed by atoms with Gasteiger partial charge in [0.15, 0.2) is 5.69 Å². The Morgan fingerprint density at radius 3 is 2.64 bits per heavy atom. The van der Waals surface area contributed by atoms with Gasteiger partial charge in [-0.2, -0.15) is 5.26 Å². The molecule has 0 fully saturated rings. The Balaban J connectivity index is 0.00000169. The number of carbonyl (C=O) groups is 2. The third kappa shape index (κ3) is 2.57. The van der Waals surface area contributed by atoms with Crippen molar-refractivity contribution < 1.29 is 43.7 Å². The Hall–Kier alpha value is -1.35. The molecule has 7 heteroatoms. The summed E-state index contributed by atoms with van der Waals surface area (Å²) in [7, 11) is 0. The second-order valence-corrected chi connectivity index (χ2v) is 2.07. The van der Waals surface area contributed by atoms with Crippen molar-refractivity contribution in [2.24, 2.45) is 0 Å². The maximum absolute atomic E-state index is 10.7. The maximum atomic E-state index is 10.7. The molecule has 0 radical (unpaired) electrons. The molecule has 1 aromatic rings. The molecule has 1 heterocycles. The number of carboxylic acid groups (broad SMARTS) is 1. The fourth-order valence-corrected chi connectivity index (χ4v) is 0.776. The summed E-state index contributed by atoms with van der Waals surface area (Å²) in [6, 6.07) is 2.44. The van der Waals surface area contributed by atoms with E-state index in [0.29, 0.717) is 0 Å². The fraction of sp³-hybridized carbons (Fsp3) is 0. The molecule has 0 atom stereocenters. The van der Waals surface area contributed by atoms with Gasteiger partial charge in [-0.25, -0.2) is 9.78 Å². The van der Waals surface area contributed by atoms with Gasteiger partial charge in [0.1, 0.15) is 0 Å². The van der Waals surface area contributed by atoms with Crippen LogP contribution in [0.5, 0.6) is 0 Å². The van der Waals surface area contributed by atoms with E-state index < -0.39 is 23.2 Å². The van der Waals surface area contributed by atoms with Gasteiger partial charge >= 0.3 is 24.8 Å². The van der Waals surface area contributed by atoms with Gasteiger partial charge in [-0.1, -0.05) is 0 Å². The number of rotatable bonds is 2.